The molecule has 1 amide bonds. The van der Waals surface area contributed by atoms with E-state index in [9.17, 15) is 9.90 Å². The van der Waals surface area contributed by atoms with Crippen LogP contribution in [0.15, 0.2) is 47.6 Å². The van der Waals surface area contributed by atoms with Gasteiger partial charge >= 0.3 is 0 Å². The fraction of sp³-hybridized carbons (Fsp3) is 0.176. The summed E-state index contributed by atoms with van der Waals surface area (Å²) in [4.78, 5) is 11.7. The van der Waals surface area contributed by atoms with E-state index >= 15 is 0 Å². The lowest BCUT2D eigenvalue weighted by atomic mass is 10.2. The number of nitrogens with one attached hydrogen (secondary N) is 1. The molecule has 0 saturated heterocycles. The first-order valence-electron chi connectivity index (χ1n) is 7.08. The topological polar surface area (TPSA) is 89.4 Å². The number of rotatable bonds is 7. The molecule has 0 atom stereocenters. The number of aromatic hydroxyl groups is 1. The summed E-state index contributed by atoms with van der Waals surface area (Å²) in [7, 11) is 2.98. The molecule has 0 spiro atoms. The van der Waals surface area contributed by atoms with Crippen LogP contribution in [-0.4, -0.2) is 38.1 Å². The lowest BCUT2D eigenvalue weighted by Crippen LogP contribution is -2.24. The van der Waals surface area contributed by atoms with Crippen LogP contribution in [0.3, 0.4) is 0 Å². The molecule has 0 aliphatic carbocycles. The highest BCUT2D eigenvalue weighted by Gasteiger charge is 2.06. The van der Waals surface area contributed by atoms with E-state index in [1.54, 1.807) is 30.3 Å². The Kier molecular flexibility index (Phi) is 6.01. The van der Waals surface area contributed by atoms with Gasteiger partial charge in [-0.1, -0.05) is 12.1 Å². The highest BCUT2D eigenvalue weighted by Crippen LogP contribution is 2.26. The minimum atomic E-state index is -0.414. The van der Waals surface area contributed by atoms with Crippen LogP contribution in [0, 0.1) is 0 Å². The highest BCUT2D eigenvalue weighted by atomic mass is 16.5. The lowest BCUT2D eigenvalue weighted by molar-refractivity contribution is -0.123. The Morgan fingerprint density at radius 3 is 2.54 bits per heavy atom. The van der Waals surface area contributed by atoms with Gasteiger partial charge in [-0.15, -0.1) is 0 Å². The van der Waals surface area contributed by atoms with Gasteiger partial charge < -0.3 is 19.3 Å². The van der Waals surface area contributed by atoms with Crippen molar-refractivity contribution >= 4 is 12.1 Å². The van der Waals surface area contributed by atoms with Crippen LogP contribution >= 0.6 is 0 Å². The zero-order valence-corrected chi connectivity index (χ0v) is 13.4. The van der Waals surface area contributed by atoms with E-state index in [0.29, 0.717) is 22.8 Å². The number of benzene rings is 2. The first-order valence-corrected chi connectivity index (χ1v) is 7.08. The standard InChI is InChI=1S/C17H18N2O5/c1-22-14-5-3-4-6-15(14)24-11-17(21)19-18-10-12-7-8-13(20)16(9-12)23-2/h3-10,20H,11H2,1-2H3,(H,19,21). The summed E-state index contributed by atoms with van der Waals surface area (Å²) in [5.74, 6) is 0.962. The van der Waals surface area contributed by atoms with Crippen LogP contribution in [0.1, 0.15) is 5.56 Å². The van der Waals surface area contributed by atoms with Gasteiger partial charge in [0.25, 0.3) is 5.91 Å². The molecule has 2 N–H and O–H groups in total. The third-order valence-corrected chi connectivity index (χ3v) is 3.03. The number of hydrogen-bond donors (Lipinski definition) is 2. The molecule has 2 aromatic rings. The minimum absolute atomic E-state index is 0.0314. The van der Waals surface area contributed by atoms with Crippen molar-refractivity contribution in [3.63, 3.8) is 0 Å². The summed E-state index contributed by atoms with van der Waals surface area (Å²) >= 11 is 0. The molecule has 0 fully saturated rings. The van der Waals surface area contributed by atoms with E-state index in [1.165, 1.54) is 26.5 Å². The normalized spacial score (nSPS) is 10.4. The van der Waals surface area contributed by atoms with E-state index < -0.39 is 5.91 Å². The second-order valence-electron chi connectivity index (χ2n) is 4.66. The van der Waals surface area contributed by atoms with Crippen molar-refractivity contribution in [2.24, 2.45) is 5.10 Å². The molecule has 24 heavy (non-hydrogen) atoms. The zero-order valence-electron chi connectivity index (χ0n) is 13.4. The van der Waals surface area contributed by atoms with Crippen molar-refractivity contribution in [2.75, 3.05) is 20.8 Å². The molecule has 0 aromatic heterocycles. The number of para-hydroxylation sites is 2. The van der Waals surface area contributed by atoms with Gasteiger partial charge in [0.2, 0.25) is 0 Å². The first-order chi connectivity index (χ1) is 11.6. The number of phenolic OH excluding ortho intramolecular Hbond substituents is 1. The second-order valence-corrected chi connectivity index (χ2v) is 4.66. The summed E-state index contributed by atoms with van der Waals surface area (Å²) in [5.41, 5.74) is 3.01. The van der Waals surface area contributed by atoms with Gasteiger partial charge in [0.05, 0.1) is 20.4 Å². The van der Waals surface area contributed by atoms with Crippen molar-refractivity contribution in [2.45, 2.75) is 0 Å². The lowest BCUT2D eigenvalue weighted by Gasteiger charge is -2.09. The maximum Gasteiger partial charge on any atom is 0.277 e. The predicted octanol–water partition coefficient (Wildman–Crippen LogP) is 1.94. The molecule has 2 rings (SSSR count). The molecule has 126 valence electrons. The Hall–Kier alpha value is -3.22. The van der Waals surface area contributed by atoms with Gasteiger partial charge in [0.15, 0.2) is 29.6 Å². The van der Waals surface area contributed by atoms with Gasteiger partial charge in [-0.05, 0) is 35.9 Å². The minimum Gasteiger partial charge on any atom is -0.504 e. The maximum atomic E-state index is 11.7. The number of amides is 1. The molecular weight excluding hydrogens is 312 g/mol. The number of carbonyl (C=O) groups is 1. The number of methoxy groups -OCH3 is 2. The fourth-order valence-electron chi connectivity index (χ4n) is 1.87. The molecule has 0 radical (unpaired) electrons. The van der Waals surface area contributed by atoms with Crippen molar-refractivity contribution in [3.8, 4) is 23.0 Å². The fourth-order valence-corrected chi connectivity index (χ4v) is 1.87. The number of nitrogens with zero attached hydrogens (tertiary/aromatic N) is 1. The number of ether oxygens (including phenoxy) is 3. The number of carbonyl (C=O) groups excluding carboxylic acids is 1. The van der Waals surface area contributed by atoms with Gasteiger partial charge in [-0.25, -0.2) is 5.43 Å². The third-order valence-electron chi connectivity index (χ3n) is 3.03. The van der Waals surface area contributed by atoms with Crippen molar-refractivity contribution < 1.29 is 24.1 Å². The molecule has 2 aromatic carbocycles. The Morgan fingerprint density at radius 1 is 1.12 bits per heavy atom. The average molecular weight is 330 g/mol. The number of hydrazone groups is 1. The Balaban J connectivity index is 1.87. The van der Waals surface area contributed by atoms with Crippen LogP contribution in [0.2, 0.25) is 0 Å². The summed E-state index contributed by atoms with van der Waals surface area (Å²) in [5, 5.41) is 13.3. The third kappa shape index (κ3) is 4.64. The van der Waals surface area contributed by atoms with Crippen LogP contribution in [-0.2, 0) is 4.79 Å². The molecule has 0 heterocycles. The second kappa shape index (κ2) is 8.42. The van der Waals surface area contributed by atoms with Crippen molar-refractivity contribution in [1.82, 2.24) is 5.43 Å². The molecule has 0 bridgehead atoms. The number of hydrogen-bond acceptors (Lipinski definition) is 6. The Morgan fingerprint density at radius 2 is 1.83 bits per heavy atom. The van der Waals surface area contributed by atoms with Gasteiger partial charge in [-0.3, -0.25) is 4.79 Å². The van der Waals surface area contributed by atoms with Gasteiger partial charge in [0.1, 0.15) is 0 Å². The summed E-state index contributed by atoms with van der Waals surface area (Å²) in [6.07, 6.45) is 1.43. The summed E-state index contributed by atoms with van der Waals surface area (Å²) in [6, 6.07) is 11.7. The largest absolute Gasteiger partial charge is 0.504 e. The SMILES string of the molecule is COc1cc(C=NNC(=O)COc2ccccc2OC)ccc1O. The monoisotopic (exact) mass is 330 g/mol. The molecule has 0 aliphatic heterocycles. The quantitative estimate of drug-likeness (QED) is 0.598. The van der Waals surface area contributed by atoms with Crippen LogP contribution in [0.4, 0.5) is 0 Å². The molecule has 0 saturated carbocycles. The van der Waals surface area contributed by atoms with E-state index in [-0.39, 0.29) is 12.4 Å². The number of phenols is 1. The van der Waals surface area contributed by atoms with Gasteiger partial charge in [-0.2, -0.15) is 5.10 Å². The van der Waals surface area contributed by atoms with Crippen LogP contribution in [0.25, 0.3) is 0 Å². The van der Waals surface area contributed by atoms with E-state index in [2.05, 4.69) is 10.5 Å². The van der Waals surface area contributed by atoms with Crippen LogP contribution < -0.4 is 19.6 Å². The van der Waals surface area contributed by atoms with E-state index in [1.807, 2.05) is 6.07 Å². The van der Waals surface area contributed by atoms with Crippen molar-refractivity contribution in [1.29, 1.82) is 0 Å². The molecule has 0 unspecified atom stereocenters. The first kappa shape index (κ1) is 17.1. The Labute approximate surface area is 139 Å². The summed E-state index contributed by atoms with van der Waals surface area (Å²) in [6.45, 7) is -0.198. The average Bonchev–Trinajstić information content (AvgIpc) is 2.61. The molecular formula is C17H18N2O5. The molecule has 7 nitrogen and oxygen atoms in total. The summed E-state index contributed by atoms with van der Waals surface area (Å²) < 4.78 is 15.5. The smallest absolute Gasteiger partial charge is 0.277 e. The van der Waals surface area contributed by atoms with Crippen molar-refractivity contribution in [3.05, 3.63) is 48.0 Å². The van der Waals surface area contributed by atoms with E-state index in [0.717, 1.165) is 0 Å². The molecule has 0 aliphatic rings. The van der Waals surface area contributed by atoms with Crippen LogP contribution in [0.5, 0.6) is 23.0 Å². The molecule has 7 heteroatoms. The van der Waals surface area contributed by atoms with E-state index in [4.69, 9.17) is 14.2 Å². The zero-order chi connectivity index (χ0) is 17.4. The van der Waals surface area contributed by atoms with Gasteiger partial charge in [0, 0.05) is 0 Å². The Bertz CT molecular complexity index is 731. The predicted molar refractivity (Wildman–Crippen MR) is 88.9 cm³/mol. The highest BCUT2D eigenvalue weighted by molar-refractivity contribution is 5.83. The maximum absolute atomic E-state index is 11.7.